The molecule has 0 saturated heterocycles. The molecule has 0 aromatic carbocycles. The fraction of sp³-hybridized carbons (Fsp3) is 0. The van der Waals surface area contributed by atoms with E-state index in [4.69, 9.17) is 0 Å². The van der Waals surface area contributed by atoms with E-state index in [-0.39, 0.29) is 0 Å². The first-order chi connectivity index (χ1) is 4.52. The quantitative estimate of drug-likeness (QED) is 0.335. The molecule has 0 atom stereocenters. The van der Waals surface area contributed by atoms with E-state index in [2.05, 4.69) is 34.7 Å². The molecule has 0 aliphatic carbocycles. The zero-order valence-electron chi connectivity index (χ0n) is 4.44. The Hall–Kier alpha value is -0.690. The number of ether oxygens (including phenoxy) is 2. The van der Waals surface area contributed by atoms with Crippen LogP contribution in [-0.4, -0.2) is 16.8 Å². The lowest BCUT2D eigenvalue weighted by molar-refractivity contribution is 0.111. The van der Waals surface area contributed by atoms with E-state index < -0.39 is 16.8 Å². The molecule has 0 bridgehead atoms. The van der Waals surface area contributed by atoms with Crippen molar-refractivity contribution in [2.45, 2.75) is 0 Å². The minimum Gasteiger partial charge on any atom is -0.352 e. The molecule has 0 heterocycles. The summed E-state index contributed by atoms with van der Waals surface area (Å²) in [6, 6.07) is 0. The van der Waals surface area contributed by atoms with Gasteiger partial charge in [-0.1, -0.05) is 25.3 Å². The van der Waals surface area contributed by atoms with Crippen molar-refractivity contribution >= 4 is 42.0 Å². The Kier molecular flexibility index (Phi) is 3.89. The van der Waals surface area contributed by atoms with E-state index >= 15 is 0 Å². The molecule has 0 fully saturated rings. The number of hydrogen-bond acceptors (Lipinski definition) is 5. The van der Waals surface area contributed by atoms with E-state index in [0.717, 1.165) is 0 Å². The van der Waals surface area contributed by atoms with E-state index in [1.807, 2.05) is 0 Å². The highest BCUT2D eigenvalue weighted by atomic mass is 32.1. The molecule has 0 spiro atoms. The van der Waals surface area contributed by atoms with Crippen molar-refractivity contribution in [3.8, 4) is 0 Å². The molecule has 0 radical (unpaired) electrons. The minimum absolute atomic E-state index is 1.15. The third kappa shape index (κ3) is 5.45. The molecule has 5 nitrogen and oxygen atoms in total. The predicted molar refractivity (Wildman–Crippen MR) is 36.3 cm³/mol. The summed E-state index contributed by atoms with van der Waals surface area (Å²) in [7, 11) is 0. The molecule has 0 rings (SSSR count). The number of rotatable bonds is 0. The first-order valence-electron chi connectivity index (χ1n) is 1.88. The van der Waals surface area contributed by atoms with Gasteiger partial charge >= 0.3 is 16.8 Å². The van der Waals surface area contributed by atoms with Gasteiger partial charge in [0, 0.05) is 0 Å². The van der Waals surface area contributed by atoms with Crippen LogP contribution in [0.3, 0.4) is 0 Å². The zero-order chi connectivity index (χ0) is 8.15. The molecule has 56 valence electrons. The van der Waals surface area contributed by atoms with Crippen LogP contribution in [0.5, 0.6) is 0 Å². The summed E-state index contributed by atoms with van der Waals surface area (Å²) in [4.78, 5) is 29.8. The molecular formula is C3H2O5S2. The fourth-order valence-electron chi connectivity index (χ4n) is 0.163. The molecule has 0 aromatic rings. The first kappa shape index (κ1) is 9.31. The van der Waals surface area contributed by atoms with E-state index in [1.165, 1.54) is 0 Å². The highest BCUT2D eigenvalue weighted by molar-refractivity contribution is 7.96. The largest absolute Gasteiger partial charge is 0.525 e. The standard InChI is InChI=1S/C3H2O5S2/c4-1(7-2(5)9)8-3(6)10/h(H,5,9)(H,6,10). The average molecular weight is 182 g/mol. The van der Waals surface area contributed by atoms with Crippen LogP contribution in [0.15, 0.2) is 0 Å². The van der Waals surface area contributed by atoms with Gasteiger partial charge in [0.1, 0.15) is 0 Å². The molecule has 0 saturated carbocycles. The van der Waals surface area contributed by atoms with E-state index in [1.54, 1.807) is 0 Å². The molecule has 7 heteroatoms. The molecule has 0 amide bonds. The van der Waals surface area contributed by atoms with Crippen LogP contribution >= 0.6 is 25.3 Å². The minimum atomic E-state index is -1.44. The Morgan fingerprint density at radius 1 is 0.900 bits per heavy atom. The summed E-state index contributed by atoms with van der Waals surface area (Å²) in [5.41, 5.74) is 0. The average Bonchev–Trinajstić information content (AvgIpc) is 1.58. The normalized spacial score (nSPS) is 8.20. The smallest absolute Gasteiger partial charge is 0.352 e. The van der Waals surface area contributed by atoms with Gasteiger partial charge in [-0.05, 0) is 0 Å². The van der Waals surface area contributed by atoms with Crippen LogP contribution in [0, 0.1) is 0 Å². The summed E-state index contributed by atoms with van der Waals surface area (Å²) in [5.74, 6) is 0. The van der Waals surface area contributed by atoms with Gasteiger partial charge in [-0.3, -0.25) is 0 Å². The second-order valence-electron chi connectivity index (χ2n) is 0.986. The highest BCUT2D eigenvalue weighted by Gasteiger charge is 2.10. The lowest BCUT2D eigenvalue weighted by Crippen LogP contribution is -2.09. The van der Waals surface area contributed by atoms with Crippen LogP contribution in [-0.2, 0) is 9.47 Å². The molecule has 0 aliphatic heterocycles. The number of carbonyl (C=O) groups is 3. The number of hydrogen-bond donors (Lipinski definition) is 2. The Balaban J connectivity index is 3.65. The van der Waals surface area contributed by atoms with Gasteiger partial charge < -0.3 is 9.47 Å². The second kappa shape index (κ2) is 4.18. The Morgan fingerprint density at radius 2 is 1.20 bits per heavy atom. The Morgan fingerprint density at radius 3 is 1.40 bits per heavy atom. The van der Waals surface area contributed by atoms with Gasteiger partial charge in [0.05, 0.1) is 0 Å². The second-order valence-corrected chi connectivity index (χ2v) is 1.72. The summed E-state index contributed by atoms with van der Waals surface area (Å²) < 4.78 is 7.31. The van der Waals surface area contributed by atoms with Gasteiger partial charge in [0.2, 0.25) is 0 Å². The summed E-state index contributed by atoms with van der Waals surface area (Å²) in [6.07, 6.45) is -1.44. The van der Waals surface area contributed by atoms with Crippen molar-refractivity contribution in [3.05, 3.63) is 0 Å². The van der Waals surface area contributed by atoms with Gasteiger partial charge in [-0.15, -0.1) is 0 Å². The summed E-state index contributed by atoms with van der Waals surface area (Å²) in [6.45, 7) is 0. The first-order valence-corrected chi connectivity index (χ1v) is 2.77. The third-order valence-electron chi connectivity index (χ3n) is 0.341. The van der Waals surface area contributed by atoms with Crippen molar-refractivity contribution in [2.24, 2.45) is 0 Å². The van der Waals surface area contributed by atoms with Gasteiger partial charge in [-0.25, -0.2) is 14.4 Å². The maximum absolute atomic E-state index is 10.1. The predicted octanol–water partition coefficient (Wildman–Crippen LogP) is 1.24. The monoisotopic (exact) mass is 182 g/mol. The van der Waals surface area contributed by atoms with Crippen LogP contribution in [0.25, 0.3) is 0 Å². The molecular weight excluding hydrogens is 180 g/mol. The lowest BCUT2D eigenvalue weighted by Gasteiger charge is -1.94. The molecule has 10 heavy (non-hydrogen) atoms. The molecule has 0 aromatic heterocycles. The maximum atomic E-state index is 10.1. The van der Waals surface area contributed by atoms with Crippen LogP contribution in [0.2, 0.25) is 0 Å². The van der Waals surface area contributed by atoms with Gasteiger partial charge in [-0.2, -0.15) is 0 Å². The number of thiol groups is 2. The van der Waals surface area contributed by atoms with Crippen molar-refractivity contribution < 1.29 is 23.9 Å². The summed E-state index contributed by atoms with van der Waals surface area (Å²) >= 11 is 6.12. The SMILES string of the molecule is O=C(S)OC(=O)OC(=O)S. The molecule has 0 aliphatic rings. The molecule has 0 N–H and O–H groups in total. The van der Waals surface area contributed by atoms with E-state index in [0.29, 0.717) is 0 Å². The third-order valence-corrected chi connectivity index (χ3v) is 0.524. The Labute approximate surface area is 66.5 Å². The topological polar surface area (TPSA) is 69.7 Å². The number of carbonyl (C=O) groups excluding carboxylic acids is 3. The van der Waals surface area contributed by atoms with E-state index in [9.17, 15) is 14.4 Å². The van der Waals surface area contributed by atoms with Gasteiger partial charge in [0.25, 0.3) is 0 Å². The Bertz CT molecular complexity index is 158. The summed E-state index contributed by atoms with van der Waals surface area (Å²) in [5, 5.41) is -2.31. The maximum Gasteiger partial charge on any atom is 0.525 e. The van der Waals surface area contributed by atoms with Crippen LogP contribution < -0.4 is 0 Å². The van der Waals surface area contributed by atoms with Crippen molar-refractivity contribution in [2.75, 3.05) is 0 Å². The van der Waals surface area contributed by atoms with Crippen molar-refractivity contribution in [1.29, 1.82) is 0 Å². The van der Waals surface area contributed by atoms with Crippen LogP contribution in [0.4, 0.5) is 14.4 Å². The fourth-order valence-corrected chi connectivity index (χ4v) is 0.312. The lowest BCUT2D eigenvalue weighted by atomic mass is 11.3. The molecule has 0 unspecified atom stereocenters. The van der Waals surface area contributed by atoms with Crippen molar-refractivity contribution in [3.63, 3.8) is 0 Å². The van der Waals surface area contributed by atoms with Gasteiger partial charge in [0.15, 0.2) is 0 Å². The zero-order valence-corrected chi connectivity index (χ0v) is 6.22. The van der Waals surface area contributed by atoms with Crippen molar-refractivity contribution in [1.82, 2.24) is 0 Å². The van der Waals surface area contributed by atoms with Crippen LogP contribution in [0.1, 0.15) is 0 Å². The highest BCUT2D eigenvalue weighted by Crippen LogP contribution is 1.94.